The van der Waals surface area contributed by atoms with Crippen molar-refractivity contribution in [3.63, 3.8) is 0 Å². The van der Waals surface area contributed by atoms with Gasteiger partial charge in [-0.2, -0.15) is 5.26 Å². The monoisotopic (exact) mass is 280 g/mol. The largest absolute Gasteiger partial charge is 0.497 e. The van der Waals surface area contributed by atoms with Gasteiger partial charge in [0.2, 0.25) is 0 Å². The maximum absolute atomic E-state index is 12.2. The van der Waals surface area contributed by atoms with Crippen molar-refractivity contribution >= 4 is 5.91 Å². The van der Waals surface area contributed by atoms with E-state index in [0.717, 1.165) is 16.9 Å². The van der Waals surface area contributed by atoms with E-state index in [4.69, 9.17) is 10.00 Å². The number of hydrogen-bond acceptors (Lipinski definition) is 3. The Labute approximate surface area is 124 Å². The maximum atomic E-state index is 12.2. The van der Waals surface area contributed by atoms with Crippen LogP contribution in [0, 0.1) is 11.3 Å². The Balaban J connectivity index is 2.03. The van der Waals surface area contributed by atoms with Crippen LogP contribution in [0.3, 0.4) is 0 Å². The number of hydrogen-bond donors (Lipinski definition) is 1. The van der Waals surface area contributed by atoms with E-state index in [1.807, 2.05) is 30.3 Å². The molecule has 0 atom stereocenters. The lowest BCUT2D eigenvalue weighted by Gasteiger charge is -2.09. The van der Waals surface area contributed by atoms with Gasteiger partial charge in [-0.25, -0.2) is 0 Å². The predicted molar refractivity (Wildman–Crippen MR) is 79.9 cm³/mol. The van der Waals surface area contributed by atoms with Crippen LogP contribution in [0.5, 0.6) is 5.75 Å². The second-order valence-electron chi connectivity index (χ2n) is 4.52. The van der Waals surface area contributed by atoms with Crippen LogP contribution in [0.4, 0.5) is 0 Å². The van der Waals surface area contributed by atoms with Gasteiger partial charge in [0, 0.05) is 12.1 Å². The van der Waals surface area contributed by atoms with Crippen molar-refractivity contribution in [3.05, 3.63) is 65.2 Å². The number of nitriles is 1. The fourth-order valence-electron chi connectivity index (χ4n) is 2.00. The van der Waals surface area contributed by atoms with Gasteiger partial charge in [0.1, 0.15) is 5.75 Å². The third kappa shape index (κ3) is 3.83. The molecule has 0 saturated heterocycles. The van der Waals surface area contributed by atoms with Crippen molar-refractivity contribution in [1.29, 1.82) is 5.26 Å². The zero-order chi connectivity index (χ0) is 15.1. The number of ether oxygens (including phenoxy) is 1. The van der Waals surface area contributed by atoms with Crippen LogP contribution < -0.4 is 10.1 Å². The van der Waals surface area contributed by atoms with Gasteiger partial charge in [-0.05, 0) is 29.3 Å². The minimum Gasteiger partial charge on any atom is -0.497 e. The molecule has 0 unspecified atom stereocenters. The highest BCUT2D eigenvalue weighted by atomic mass is 16.5. The molecule has 0 heterocycles. The molecular weight excluding hydrogens is 264 g/mol. The second-order valence-corrected chi connectivity index (χ2v) is 4.52. The Morgan fingerprint density at radius 3 is 2.57 bits per heavy atom. The lowest BCUT2D eigenvalue weighted by molar-refractivity contribution is 0.0950. The van der Waals surface area contributed by atoms with Crippen LogP contribution in [0.2, 0.25) is 0 Å². The van der Waals surface area contributed by atoms with Gasteiger partial charge in [-0.3, -0.25) is 4.79 Å². The molecule has 0 spiro atoms. The van der Waals surface area contributed by atoms with Gasteiger partial charge in [0.15, 0.2) is 0 Å². The van der Waals surface area contributed by atoms with Crippen molar-refractivity contribution in [2.75, 3.05) is 7.11 Å². The fraction of sp³-hybridized carbons (Fsp3) is 0.176. The van der Waals surface area contributed by atoms with Crippen molar-refractivity contribution in [3.8, 4) is 11.8 Å². The average Bonchev–Trinajstić information content (AvgIpc) is 2.54. The van der Waals surface area contributed by atoms with Crippen LogP contribution in [-0.4, -0.2) is 13.0 Å². The molecule has 0 aliphatic carbocycles. The molecule has 0 aromatic heterocycles. The quantitative estimate of drug-likeness (QED) is 0.916. The molecule has 21 heavy (non-hydrogen) atoms. The highest BCUT2D eigenvalue weighted by molar-refractivity contribution is 5.95. The van der Waals surface area contributed by atoms with E-state index >= 15 is 0 Å². The summed E-state index contributed by atoms with van der Waals surface area (Å²) >= 11 is 0. The summed E-state index contributed by atoms with van der Waals surface area (Å²) in [5, 5.41) is 11.7. The summed E-state index contributed by atoms with van der Waals surface area (Å²) in [6.45, 7) is 0.434. The summed E-state index contributed by atoms with van der Waals surface area (Å²) in [7, 11) is 1.61. The van der Waals surface area contributed by atoms with E-state index in [1.54, 1.807) is 25.3 Å². The van der Waals surface area contributed by atoms with E-state index < -0.39 is 0 Å². The highest BCUT2D eigenvalue weighted by Gasteiger charge is 2.10. The summed E-state index contributed by atoms with van der Waals surface area (Å²) in [4.78, 5) is 12.2. The topological polar surface area (TPSA) is 62.1 Å². The second kappa shape index (κ2) is 7.11. The molecule has 0 aliphatic rings. The molecule has 0 saturated carbocycles. The van der Waals surface area contributed by atoms with E-state index in [9.17, 15) is 4.79 Å². The zero-order valence-corrected chi connectivity index (χ0v) is 11.8. The predicted octanol–water partition coefficient (Wildman–Crippen LogP) is 2.69. The Bertz CT molecular complexity index is 657. The summed E-state index contributed by atoms with van der Waals surface area (Å²) in [6, 6.07) is 16.7. The lowest BCUT2D eigenvalue weighted by atomic mass is 10.0. The number of benzene rings is 2. The average molecular weight is 280 g/mol. The van der Waals surface area contributed by atoms with Crippen molar-refractivity contribution < 1.29 is 9.53 Å². The zero-order valence-electron chi connectivity index (χ0n) is 11.8. The van der Waals surface area contributed by atoms with Gasteiger partial charge in [0.25, 0.3) is 5.91 Å². The molecule has 1 amide bonds. The Morgan fingerprint density at radius 2 is 1.90 bits per heavy atom. The van der Waals surface area contributed by atoms with Crippen LogP contribution in [0.15, 0.2) is 48.5 Å². The van der Waals surface area contributed by atoms with Crippen LogP contribution in [-0.2, 0) is 13.0 Å². The van der Waals surface area contributed by atoms with Crippen molar-refractivity contribution in [2.24, 2.45) is 0 Å². The smallest absolute Gasteiger partial charge is 0.251 e. The number of methoxy groups -OCH3 is 1. The summed E-state index contributed by atoms with van der Waals surface area (Å²) in [5.74, 6) is 0.612. The molecule has 2 aromatic rings. The Hall–Kier alpha value is -2.80. The summed E-state index contributed by atoms with van der Waals surface area (Å²) < 4.78 is 5.09. The number of nitrogens with zero attached hydrogens (tertiary/aromatic N) is 1. The van der Waals surface area contributed by atoms with Gasteiger partial charge >= 0.3 is 0 Å². The first-order chi connectivity index (χ1) is 10.2. The molecule has 1 N–H and O–H groups in total. The molecule has 4 nitrogen and oxygen atoms in total. The van der Waals surface area contributed by atoms with Gasteiger partial charge < -0.3 is 10.1 Å². The van der Waals surface area contributed by atoms with Crippen LogP contribution >= 0.6 is 0 Å². The first-order valence-corrected chi connectivity index (χ1v) is 6.60. The van der Waals surface area contributed by atoms with E-state index in [2.05, 4.69) is 11.4 Å². The molecule has 0 aliphatic heterocycles. The standard InChI is InChI=1S/C17H16N2O2/c1-21-15-8-6-13(7-9-15)12-19-17(20)16-5-3-2-4-14(16)10-11-18/h2-9H,10,12H2,1H3,(H,19,20). The summed E-state index contributed by atoms with van der Waals surface area (Å²) in [6.07, 6.45) is 0.228. The molecule has 2 rings (SSSR count). The number of carbonyl (C=O) groups excluding carboxylic acids is 1. The SMILES string of the molecule is COc1ccc(CNC(=O)c2ccccc2CC#N)cc1. The Morgan fingerprint density at radius 1 is 1.19 bits per heavy atom. The number of amides is 1. The highest BCUT2D eigenvalue weighted by Crippen LogP contribution is 2.12. The molecule has 0 bridgehead atoms. The normalized spacial score (nSPS) is 9.71. The Kier molecular flexibility index (Phi) is 4.94. The molecule has 0 fully saturated rings. The van der Waals surface area contributed by atoms with E-state index in [1.165, 1.54) is 0 Å². The van der Waals surface area contributed by atoms with Gasteiger partial charge in [-0.15, -0.1) is 0 Å². The summed E-state index contributed by atoms with van der Waals surface area (Å²) in [5.41, 5.74) is 2.28. The third-order valence-electron chi connectivity index (χ3n) is 3.14. The molecule has 106 valence electrons. The minimum atomic E-state index is -0.170. The van der Waals surface area contributed by atoms with Gasteiger partial charge in [-0.1, -0.05) is 30.3 Å². The molecule has 2 aromatic carbocycles. The first-order valence-electron chi connectivity index (χ1n) is 6.60. The van der Waals surface area contributed by atoms with Crippen molar-refractivity contribution in [2.45, 2.75) is 13.0 Å². The fourth-order valence-corrected chi connectivity index (χ4v) is 2.00. The van der Waals surface area contributed by atoms with E-state index in [-0.39, 0.29) is 12.3 Å². The van der Waals surface area contributed by atoms with Crippen molar-refractivity contribution in [1.82, 2.24) is 5.32 Å². The number of carbonyl (C=O) groups is 1. The molecule has 0 radical (unpaired) electrons. The third-order valence-corrected chi connectivity index (χ3v) is 3.14. The maximum Gasteiger partial charge on any atom is 0.251 e. The van der Waals surface area contributed by atoms with Crippen LogP contribution in [0.25, 0.3) is 0 Å². The number of rotatable bonds is 5. The molecule has 4 heteroatoms. The molecular formula is C17H16N2O2. The van der Waals surface area contributed by atoms with Crippen LogP contribution in [0.1, 0.15) is 21.5 Å². The minimum absolute atomic E-state index is 0.170. The first kappa shape index (κ1) is 14.6. The number of nitrogens with one attached hydrogen (secondary N) is 1. The lowest BCUT2D eigenvalue weighted by Crippen LogP contribution is -2.23. The van der Waals surface area contributed by atoms with Gasteiger partial charge in [0.05, 0.1) is 19.6 Å². The van der Waals surface area contributed by atoms with E-state index in [0.29, 0.717) is 12.1 Å².